The van der Waals surface area contributed by atoms with E-state index in [1.165, 1.54) is 4.88 Å². The molecule has 0 saturated carbocycles. The molecule has 4 heterocycles. The van der Waals surface area contributed by atoms with Crippen LogP contribution in [0, 0.1) is 6.92 Å². The van der Waals surface area contributed by atoms with Gasteiger partial charge in [0, 0.05) is 17.1 Å². The average Bonchev–Trinajstić information content (AvgIpc) is 3.10. The average molecular weight is 296 g/mol. The zero-order chi connectivity index (χ0) is 14.2. The van der Waals surface area contributed by atoms with Crippen molar-refractivity contribution in [3.63, 3.8) is 0 Å². The van der Waals surface area contributed by atoms with Gasteiger partial charge in [0.05, 0.1) is 23.8 Å². The van der Waals surface area contributed by atoms with Crippen LogP contribution >= 0.6 is 11.3 Å². The lowest BCUT2D eigenvalue weighted by atomic mass is 10.3. The Kier molecular flexibility index (Phi) is 2.78. The van der Waals surface area contributed by atoms with Crippen molar-refractivity contribution in [3.8, 4) is 0 Å². The van der Waals surface area contributed by atoms with Crippen molar-refractivity contribution >= 4 is 33.0 Å². The van der Waals surface area contributed by atoms with Crippen LogP contribution in [0.1, 0.15) is 10.6 Å². The van der Waals surface area contributed by atoms with E-state index in [1.807, 2.05) is 16.6 Å². The molecule has 0 aromatic carbocycles. The van der Waals surface area contributed by atoms with Crippen LogP contribution in [0.3, 0.4) is 0 Å². The molecule has 0 unspecified atom stereocenters. The van der Waals surface area contributed by atoms with Gasteiger partial charge < -0.3 is 5.32 Å². The minimum absolute atomic E-state index is 0.627. The van der Waals surface area contributed by atoms with Crippen LogP contribution in [0.5, 0.6) is 0 Å². The Labute approximate surface area is 124 Å². The first-order valence-corrected chi connectivity index (χ1v) is 7.35. The number of anilines is 1. The molecule has 0 amide bonds. The van der Waals surface area contributed by atoms with Crippen molar-refractivity contribution in [3.05, 3.63) is 47.5 Å². The van der Waals surface area contributed by atoms with Gasteiger partial charge in [0.2, 0.25) is 0 Å². The lowest BCUT2D eigenvalue weighted by Crippen LogP contribution is -2.07. The first-order valence-electron chi connectivity index (χ1n) is 6.54. The summed E-state index contributed by atoms with van der Waals surface area (Å²) in [4.78, 5) is 15.1. The van der Waals surface area contributed by atoms with Crippen LogP contribution in [0.15, 0.2) is 36.9 Å². The smallest absolute Gasteiger partial charge is 0.155 e. The van der Waals surface area contributed by atoms with Gasteiger partial charge >= 0.3 is 0 Å². The number of hydrogen-bond donors (Lipinski definition) is 1. The van der Waals surface area contributed by atoms with E-state index < -0.39 is 0 Å². The van der Waals surface area contributed by atoms with Gasteiger partial charge in [-0.1, -0.05) is 0 Å². The molecule has 0 bridgehead atoms. The molecule has 0 fully saturated rings. The molecule has 0 aliphatic carbocycles. The molecule has 7 heteroatoms. The third-order valence-corrected chi connectivity index (χ3v) is 4.22. The van der Waals surface area contributed by atoms with Gasteiger partial charge in [-0.05, 0) is 19.1 Å². The van der Waals surface area contributed by atoms with Crippen molar-refractivity contribution < 1.29 is 0 Å². The third-order valence-electron chi connectivity index (χ3n) is 3.26. The molecular weight excluding hydrogens is 284 g/mol. The molecule has 0 saturated heterocycles. The fraction of sp³-hybridized carbons (Fsp3) is 0.143. The second-order valence-electron chi connectivity index (χ2n) is 4.69. The normalized spacial score (nSPS) is 11.3. The van der Waals surface area contributed by atoms with Crippen molar-refractivity contribution in [2.45, 2.75) is 13.5 Å². The van der Waals surface area contributed by atoms with Crippen molar-refractivity contribution in [2.24, 2.45) is 0 Å². The molecule has 0 aliphatic rings. The van der Waals surface area contributed by atoms with E-state index in [0.717, 1.165) is 27.4 Å². The summed E-state index contributed by atoms with van der Waals surface area (Å²) < 4.78 is 1.82. The van der Waals surface area contributed by atoms with Crippen LogP contribution < -0.4 is 5.32 Å². The zero-order valence-corrected chi connectivity index (χ0v) is 12.1. The molecular formula is C14H12N6S. The monoisotopic (exact) mass is 296 g/mol. The Balaban J connectivity index is 1.68. The summed E-state index contributed by atoms with van der Waals surface area (Å²) in [7, 11) is 0. The predicted octanol–water partition coefficient (Wildman–Crippen LogP) is 2.65. The van der Waals surface area contributed by atoms with Crippen LogP contribution in [-0.4, -0.2) is 24.6 Å². The molecule has 104 valence electrons. The number of aryl methyl sites for hydroxylation is 1. The van der Waals surface area contributed by atoms with Crippen molar-refractivity contribution in [2.75, 3.05) is 5.32 Å². The van der Waals surface area contributed by atoms with Gasteiger partial charge in [-0.15, -0.1) is 11.3 Å². The van der Waals surface area contributed by atoms with Crippen molar-refractivity contribution in [1.82, 2.24) is 24.6 Å². The highest BCUT2D eigenvalue weighted by Gasteiger charge is 2.08. The zero-order valence-electron chi connectivity index (χ0n) is 11.3. The van der Waals surface area contributed by atoms with Crippen LogP contribution in [0.25, 0.3) is 15.9 Å². The quantitative estimate of drug-likeness (QED) is 0.629. The lowest BCUT2D eigenvalue weighted by molar-refractivity contribution is 0.852. The third kappa shape index (κ3) is 2.11. The van der Waals surface area contributed by atoms with E-state index in [9.17, 15) is 0 Å². The molecule has 4 aromatic rings. The first kappa shape index (κ1) is 12.2. The van der Waals surface area contributed by atoms with E-state index in [1.54, 1.807) is 30.1 Å². The highest BCUT2D eigenvalue weighted by molar-refractivity contribution is 7.18. The summed E-state index contributed by atoms with van der Waals surface area (Å²) in [5.74, 6) is 0.849. The molecule has 0 aliphatic heterocycles. The van der Waals surface area contributed by atoms with Gasteiger partial charge in [0.25, 0.3) is 0 Å². The van der Waals surface area contributed by atoms with Gasteiger partial charge in [-0.2, -0.15) is 5.10 Å². The van der Waals surface area contributed by atoms with Crippen LogP contribution in [0.4, 0.5) is 5.82 Å². The summed E-state index contributed by atoms with van der Waals surface area (Å²) >= 11 is 1.67. The summed E-state index contributed by atoms with van der Waals surface area (Å²) in [5, 5.41) is 8.71. The number of thiophene rings is 1. The van der Waals surface area contributed by atoms with E-state index >= 15 is 0 Å². The fourth-order valence-electron chi connectivity index (χ4n) is 2.31. The van der Waals surface area contributed by atoms with Crippen LogP contribution in [0.2, 0.25) is 0 Å². The Bertz CT molecular complexity index is 925. The van der Waals surface area contributed by atoms with Gasteiger partial charge in [-0.25, -0.2) is 19.5 Å². The second-order valence-corrected chi connectivity index (χ2v) is 5.92. The summed E-state index contributed by atoms with van der Waals surface area (Å²) in [6.07, 6.45) is 5.13. The molecule has 6 nitrogen and oxygen atoms in total. The SMILES string of the molecule is Cc1cc2c(NCc3ccnc4ccnn34)ncnc2s1. The number of fused-ring (bicyclic) bond motifs is 2. The fourth-order valence-corrected chi connectivity index (χ4v) is 3.16. The maximum absolute atomic E-state index is 4.34. The predicted molar refractivity (Wildman–Crippen MR) is 82.5 cm³/mol. The molecule has 0 atom stereocenters. The lowest BCUT2D eigenvalue weighted by Gasteiger charge is -2.07. The maximum atomic E-state index is 4.34. The maximum Gasteiger partial charge on any atom is 0.155 e. The largest absolute Gasteiger partial charge is 0.364 e. The Morgan fingerprint density at radius 1 is 1.19 bits per heavy atom. The van der Waals surface area contributed by atoms with Gasteiger partial charge in [0.1, 0.15) is 17.0 Å². The van der Waals surface area contributed by atoms with Crippen LogP contribution in [-0.2, 0) is 6.54 Å². The summed E-state index contributed by atoms with van der Waals surface area (Å²) in [5.41, 5.74) is 1.87. The Hall–Kier alpha value is -2.54. The van der Waals surface area contributed by atoms with E-state index in [2.05, 4.69) is 38.4 Å². The van der Waals surface area contributed by atoms with E-state index in [4.69, 9.17) is 0 Å². The first-order chi connectivity index (χ1) is 10.3. The second kappa shape index (κ2) is 4.78. The van der Waals surface area contributed by atoms with Gasteiger partial charge in [0.15, 0.2) is 5.65 Å². The van der Waals surface area contributed by atoms with Crippen molar-refractivity contribution in [1.29, 1.82) is 0 Å². The highest BCUT2D eigenvalue weighted by atomic mass is 32.1. The van der Waals surface area contributed by atoms with Gasteiger partial charge in [-0.3, -0.25) is 0 Å². The van der Waals surface area contributed by atoms with E-state index in [-0.39, 0.29) is 0 Å². The Morgan fingerprint density at radius 3 is 3.10 bits per heavy atom. The number of nitrogens with zero attached hydrogens (tertiary/aromatic N) is 5. The molecule has 0 spiro atoms. The minimum Gasteiger partial charge on any atom is -0.364 e. The number of rotatable bonds is 3. The number of nitrogens with one attached hydrogen (secondary N) is 1. The standard InChI is InChI=1S/C14H12N6S/c1-9-6-11-13(17-8-18-14(11)21-9)16-7-10-2-4-15-12-3-5-19-20(10)12/h2-6,8H,7H2,1H3,(H,16,17,18). The molecule has 0 radical (unpaired) electrons. The highest BCUT2D eigenvalue weighted by Crippen LogP contribution is 2.27. The molecule has 21 heavy (non-hydrogen) atoms. The number of hydrogen-bond acceptors (Lipinski definition) is 6. The van der Waals surface area contributed by atoms with E-state index in [0.29, 0.717) is 6.54 Å². The summed E-state index contributed by atoms with van der Waals surface area (Å²) in [6.45, 7) is 2.70. The topological polar surface area (TPSA) is 68.0 Å². The molecule has 4 aromatic heterocycles. The Morgan fingerprint density at radius 2 is 2.14 bits per heavy atom. The minimum atomic E-state index is 0.627. The molecule has 1 N–H and O–H groups in total. The summed E-state index contributed by atoms with van der Waals surface area (Å²) in [6, 6.07) is 5.94. The molecule has 4 rings (SSSR count). The number of aromatic nitrogens is 5.